The number of likely N-dealkylation sites (tertiary alicyclic amines) is 1. The first kappa shape index (κ1) is 14.4. The molecule has 1 aliphatic rings. The van der Waals surface area contributed by atoms with Gasteiger partial charge in [0, 0.05) is 19.6 Å². The van der Waals surface area contributed by atoms with Crippen LogP contribution in [0, 0.1) is 5.92 Å². The Kier molecular flexibility index (Phi) is 4.27. The average Bonchev–Trinajstić information content (AvgIpc) is 3.25. The van der Waals surface area contributed by atoms with Crippen LogP contribution < -0.4 is 5.32 Å². The molecular weight excluding hydrogens is 284 g/mol. The molecule has 0 radical (unpaired) electrons. The Balaban J connectivity index is 1.44. The minimum absolute atomic E-state index is 0.00632. The molecule has 3 heterocycles. The van der Waals surface area contributed by atoms with Gasteiger partial charge in [0.05, 0.1) is 18.1 Å². The molecule has 6 nitrogen and oxygen atoms in total. The van der Waals surface area contributed by atoms with E-state index in [-0.39, 0.29) is 11.8 Å². The first-order valence-electron chi connectivity index (χ1n) is 7.37. The number of carbonyl (C=O) groups is 2. The van der Waals surface area contributed by atoms with Crippen molar-refractivity contribution in [3.05, 3.63) is 48.3 Å². The van der Waals surface area contributed by atoms with Gasteiger partial charge in [-0.2, -0.15) is 0 Å². The fraction of sp³-hybridized carbons (Fsp3) is 0.375. The normalized spacial score (nSPS) is 15.7. The van der Waals surface area contributed by atoms with E-state index in [1.165, 1.54) is 18.8 Å². The van der Waals surface area contributed by atoms with Gasteiger partial charge >= 0.3 is 0 Å². The molecule has 1 aliphatic heterocycles. The molecule has 2 aromatic heterocycles. The highest BCUT2D eigenvalue weighted by Gasteiger charge is 2.24. The first-order chi connectivity index (χ1) is 10.7. The lowest BCUT2D eigenvalue weighted by Gasteiger charge is -2.31. The predicted octanol–water partition coefficient (Wildman–Crippen LogP) is 2.15. The minimum atomic E-state index is -0.193. The zero-order chi connectivity index (χ0) is 15.4. The summed E-state index contributed by atoms with van der Waals surface area (Å²) in [6, 6.07) is 5.01. The zero-order valence-electron chi connectivity index (χ0n) is 12.2. The maximum Gasteiger partial charge on any atom is 0.286 e. The van der Waals surface area contributed by atoms with Crippen LogP contribution in [0.5, 0.6) is 0 Å². The fourth-order valence-electron chi connectivity index (χ4n) is 2.64. The van der Waals surface area contributed by atoms with Gasteiger partial charge < -0.3 is 19.1 Å². The van der Waals surface area contributed by atoms with Gasteiger partial charge in [0.1, 0.15) is 6.26 Å². The molecule has 2 amide bonds. The molecular formula is C16H18N2O4. The molecule has 116 valence electrons. The molecule has 1 N–H and O–H groups in total. The van der Waals surface area contributed by atoms with E-state index in [9.17, 15) is 9.59 Å². The van der Waals surface area contributed by atoms with Crippen LogP contribution in [-0.2, 0) is 0 Å². The van der Waals surface area contributed by atoms with E-state index in [4.69, 9.17) is 8.83 Å². The van der Waals surface area contributed by atoms with Crippen LogP contribution in [0.2, 0.25) is 0 Å². The standard InChI is InChI=1S/C16H18N2O4/c19-15(14-2-1-8-22-14)17-10-12-3-6-18(7-4-12)16(20)13-5-9-21-11-13/h1-2,5,8-9,11-12H,3-4,6-7,10H2,(H,17,19). The number of nitrogens with one attached hydrogen (secondary N) is 1. The van der Waals surface area contributed by atoms with E-state index in [1.807, 2.05) is 4.90 Å². The Bertz CT molecular complexity index is 611. The molecule has 0 aromatic carbocycles. The van der Waals surface area contributed by atoms with Crippen LogP contribution in [0.3, 0.4) is 0 Å². The molecule has 0 bridgehead atoms. The summed E-state index contributed by atoms with van der Waals surface area (Å²) < 4.78 is 10.00. The Hall–Kier alpha value is -2.50. The molecule has 22 heavy (non-hydrogen) atoms. The quantitative estimate of drug-likeness (QED) is 0.939. The lowest BCUT2D eigenvalue weighted by molar-refractivity contribution is 0.0682. The van der Waals surface area contributed by atoms with Crippen molar-refractivity contribution in [1.82, 2.24) is 10.2 Å². The van der Waals surface area contributed by atoms with Crippen molar-refractivity contribution >= 4 is 11.8 Å². The summed E-state index contributed by atoms with van der Waals surface area (Å²) >= 11 is 0. The SMILES string of the molecule is O=C(NCC1CCN(C(=O)c2ccoc2)CC1)c1ccco1. The largest absolute Gasteiger partial charge is 0.472 e. The van der Waals surface area contributed by atoms with Gasteiger partial charge in [-0.1, -0.05) is 0 Å². The molecule has 0 aliphatic carbocycles. The molecule has 2 aromatic rings. The lowest BCUT2D eigenvalue weighted by Crippen LogP contribution is -2.41. The summed E-state index contributed by atoms with van der Waals surface area (Å²) in [6.07, 6.45) is 6.21. The smallest absolute Gasteiger partial charge is 0.286 e. The van der Waals surface area contributed by atoms with Crippen molar-refractivity contribution in [1.29, 1.82) is 0 Å². The summed E-state index contributed by atoms with van der Waals surface area (Å²) in [4.78, 5) is 25.8. The van der Waals surface area contributed by atoms with E-state index in [0.717, 1.165) is 12.8 Å². The van der Waals surface area contributed by atoms with Crippen molar-refractivity contribution in [2.45, 2.75) is 12.8 Å². The molecule has 1 fully saturated rings. The Morgan fingerprint density at radius 3 is 2.68 bits per heavy atom. The molecule has 0 spiro atoms. The third kappa shape index (κ3) is 3.21. The summed E-state index contributed by atoms with van der Waals surface area (Å²) in [5.41, 5.74) is 0.588. The second-order valence-electron chi connectivity index (χ2n) is 5.43. The van der Waals surface area contributed by atoms with Crippen molar-refractivity contribution < 1.29 is 18.4 Å². The van der Waals surface area contributed by atoms with Gasteiger partial charge in [-0.05, 0) is 37.0 Å². The minimum Gasteiger partial charge on any atom is -0.472 e. The Labute approximate surface area is 128 Å². The summed E-state index contributed by atoms with van der Waals surface area (Å²) in [5, 5.41) is 2.88. The second-order valence-corrected chi connectivity index (χ2v) is 5.43. The summed E-state index contributed by atoms with van der Waals surface area (Å²) in [7, 11) is 0. The second kappa shape index (κ2) is 6.51. The maximum absolute atomic E-state index is 12.2. The molecule has 0 unspecified atom stereocenters. The number of furan rings is 2. The summed E-state index contributed by atoms with van der Waals surface area (Å²) in [5.74, 6) is 0.522. The Morgan fingerprint density at radius 2 is 2.05 bits per heavy atom. The van der Waals surface area contributed by atoms with Gasteiger partial charge in [-0.25, -0.2) is 0 Å². The van der Waals surface area contributed by atoms with Crippen molar-refractivity contribution in [3.63, 3.8) is 0 Å². The number of hydrogen-bond donors (Lipinski definition) is 1. The number of carbonyl (C=O) groups excluding carboxylic acids is 2. The molecule has 0 saturated carbocycles. The van der Waals surface area contributed by atoms with E-state index in [1.54, 1.807) is 18.2 Å². The lowest BCUT2D eigenvalue weighted by atomic mass is 9.96. The van der Waals surface area contributed by atoms with Crippen LogP contribution in [0.25, 0.3) is 0 Å². The molecule has 6 heteroatoms. The van der Waals surface area contributed by atoms with Crippen molar-refractivity contribution in [2.75, 3.05) is 19.6 Å². The molecule has 3 rings (SSSR count). The van der Waals surface area contributed by atoms with Gasteiger partial charge in [-0.3, -0.25) is 9.59 Å². The third-order valence-corrected chi connectivity index (χ3v) is 3.97. The molecule has 0 atom stereocenters. The van der Waals surface area contributed by atoms with Crippen LogP contribution in [0.1, 0.15) is 33.8 Å². The van der Waals surface area contributed by atoms with Crippen molar-refractivity contribution in [3.8, 4) is 0 Å². The monoisotopic (exact) mass is 302 g/mol. The highest BCUT2D eigenvalue weighted by molar-refractivity contribution is 5.94. The fourth-order valence-corrected chi connectivity index (χ4v) is 2.64. The number of piperidine rings is 1. The topological polar surface area (TPSA) is 75.7 Å². The highest BCUT2D eigenvalue weighted by atomic mass is 16.3. The maximum atomic E-state index is 12.2. The average molecular weight is 302 g/mol. The number of hydrogen-bond acceptors (Lipinski definition) is 4. The third-order valence-electron chi connectivity index (χ3n) is 3.97. The zero-order valence-corrected chi connectivity index (χ0v) is 12.2. The van der Waals surface area contributed by atoms with Crippen LogP contribution in [0.4, 0.5) is 0 Å². The van der Waals surface area contributed by atoms with E-state index >= 15 is 0 Å². The summed E-state index contributed by atoms with van der Waals surface area (Å²) in [6.45, 7) is 2.00. The van der Waals surface area contributed by atoms with Crippen LogP contribution in [0.15, 0.2) is 45.8 Å². The molecule has 1 saturated heterocycles. The van der Waals surface area contributed by atoms with Gasteiger partial charge in [-0.15, -0.1) is 0 Å². The highest BCUT2D eigenvalue weighted by Crippen LogP contribution is 2.18. The van der Waals surface area contributed by atoms with Gasteiger partial charge in [0.15, 0.2) is 5.76 Å². The van der Waals surface area contributed by atoms with Crippen molar-refractivity contribution in [2.24, 2.45) is 5.92 Å². The predicted molar refractivity (Wildman–Crippen MR) is 78.4 cm³/mol. The van der Waals surface area contributed by atoms with E-state index in [0.29, 0.717) is 36.9 Å². The first-order valence-corrected chi connectivity index (χ1v) is 7.37. The van der Waals surface area contributed by atoms with E-state index < -0.39 is 0 Å². The number of rotatable bonds is 4. The Morgan fingerprint density at radius 1 is 1.23 bits per heavy atom. The van der Waals surface area contributed by atoms with Crippen LogP contribution in [-0.4, -0.2) is 36.3 Å². The number of amides is 2. The van der Waals surface area contributed by atoms with Gasteiger partial charge in [0.25, 0.3) is 11.8 Å². The van der Waals surface area contributed by atoms with Gasteiger partial charge in [0.2, 0.25) is 0 Å². The van der Waals surface area contributed by atoms with E-state index in [2.05, 4.69) is 5.32 Å². The van der Waals surface area contributed by atoms with Crippen LogP contribution >= 0.6 is 0 Å². The number of nitrogens with zero attached hydrogens (tertiary/aromatic N) is 1.